The summed E-state index contributed by atoms with van der Waals surface area (Å²) in [6.45, 7) is 6.67. The zero-order chi connectivity index (χ0) is 13.0. The number of nitrogens with zero attached hydrogens (tertiary/aromatic N) is 2. The number of rotatable bonds is 5. The molecule has 100 valence electrons. The van der Waals surface area contributed by atoms with Crippen molar-refractivity contribution in [1.29, 1.82) is 0 Å². The van der Waals surface area contributed by atoms with Crippen LogP contribution in [0.5, 0.6) is 0 Å². The molecule has 2 rings (SSSR count). The smallest absolute Gasteiger partial charge is 0.157 e. The number of thioether (sulfide) groups is 1. The van der Waals surface area contributed by atoms with E-state index in [0.717, 1.165) is 35.2 Å². The van der Waals surface area contributed by atoms with E-state index in [1.54, 1.807) is 11.3 Å². The van der Waals surface area contributed by atoms with Crippen molar-refractivity contribution in [2.24, 2.45) is 4.99 Å². The standard InChI is InChI=1S/C13H21N3S2/c1-4-10(11-14-7-8-17-11)15-12-16-13(5-2,6-3)9-18-12/h7-8,10H,4-6,9H2,1-3H3,(H,15,16). The second-order valence-electron chi connectivity index (χ2n) is 4.63. The molecule has 5 heteroatoms. The Bertz CT molecular complexity index is 396. The summed E-state index contributed by atoms with van der Waals surface area (Å²) in [4.78, 5) is 9.22. The van der Waals surface area contributed by atoms with Crippen LogP contribution in [0.1, 0.15) is 51.1 Å². The lowest BCUT2D eigenvalue weighted by Crippen LogP contribution is -2.42. The lowest BCUT2D eigenvalue weighted by atomic mass is 9.96. The number of aliphatic imine (C=N–C) groups is 1. The molecule has 0 bridgehead atoms. The molecule has 1 atom stereocenters. The molecule has 18 heavy (non-hydrogen) atoms. The van der Waals surface area contributed by atoms with Crippen molar-refractivity contribution in [1.82, 2.24) is 10.3 Å². The van der Waals surface area contributed by atoms with E-state index in [0.29, 0.717) is 0 Å². The average molecular weight is 283 g/mol. The fraction of sp³-hybridized carbons (Fsp3) is 0.692. The summed E-state index contributed by atoms with van der Waals surface area (Å²) in [5.74, 6) is 1.13. The highest BCUT2D eigenvalue weighted by Crippen LogP contribution is 2.31. The van der Waals surface area contributed by atoms with Gasteiger partial charge in [0.1, 0.15) is 11.0 Å². The maximum Gasteiger partial charge on any atom is 0.157 e. The fourth-order valence-corrected chi connectivity index (χ4v) is 4.21. The summed E-state index contributed by atoms with van der Waals surface area (Å²) >= 11 is 3.55. The van der Waals surface area contributed by atoms with Crippen LogP contribution >= 0.6 is 23.1 Å². The average Bonchev–Trinajstić information content (AvgIpc) is 3.06. The van der Waals surface area contributed by atoms with Gasteiger partial charge in [-0.1, -0.05) is 32.5 Å². The molecule has 0 saturated carbocycles. The van der Waals surface area contributed by atoms with Crippen LogP contribution < -0.4 is 5.32 Å². The van der Waals surface area contributed by atoms with Crippen molar-refractivity contribution >= 4 is 28.3 Å². The number of nitrogens with one attached hydrogen (secondary N) is 1. The van der Waals surface area contributed by atoms with Crippen LogP contribution in [0.25, 0.3) is 0 Å². The molecule has 0 spiro atoms. The third kappa shape index (κ3) is 2.88. The topological polar surface area (TPSA) is 37.3 Å². The molecule has 1 aromatic heterocycles. The van der Waals surface area contributed by atoms with Crippen molar-refractivity contribution in [3.8, 4) is 0 Å². The predicted molar refractivity (Wildman–Crippen MR) is 81.5 cm³/mol. The van der Waals surface area contributed by atoms with Crippen LogP contribution in [0.15, 0.2) is 16.6 Å². The van der Waals surface area contributed by atoms with Gasteiger partial charge < -0.3 is 5.32 Å². The highest BCUT2D eigenvalue weighted by Gasteiger charge is 2.34. The van der Waals surface area contributed by atoms with Gasteiger partial charge in [0, 0.05) is 22.9 Å². The summed E-state index contributed by atoms with van der Waals surface area (Å²) in [6.07, 6.45) is 5.18. The molecule has 1 aliphatic heterocycles. The largest absolute Gasteiger partial charge is 0.359 e. The van der Waals surface area contributed by atoms with Gasteiger partial charge in [0.05, 0.1) is 0 Å². The Balaban J connectivity index is 2.10. The monoisotopic (exact) mass is 283 g/mol. The Hall–Kier alpha value is -0.550. The molecular formula is C13H21N3S2. The van der Waals surface area contributed by atoms with E-state index in [-0.39, 0.29) is 11.6 Å². The number of amidine groups is 1. The number of hydrogen-bond acceptors (Lipinski definition) is 4. The Morgan fingerprint density at radius 1 is 1.44 bits per heavy atom. The third-order valence-electron chi connectivity index (χ3n) is 3.61. The van der Waals surface area contributed by atoms with Crippen molar-refractivity contribution in [2.45, 2.75) is 51.6 Å². The maximum atomic E-state index is 4.84. The van der Waals surface area contributed by atoms with Crippen LogP contribution in [0.3, 0.4) is 0 Å². The molecule has 1 saturated heterocycles. The summed E-state index contributed by atoms with van der Waals surface area (Å²) in [5.41, 5.74) is 0.255. The molecule has 0 radical (unpaired) electrons. The first-order valence-corrected chi connectivity index (χ1v) is 8.47. The van der Waals surface area contributed by atoms with Crippen molar-refractivity contribution in [2.75, 3.05) is 5.75 Å². The van der Waals surface area contributed by atoms with E-state index in [2.05, 4.69) is 31.1 Å². The van der Waals surface area contributed by atoms with E-state index in [4.69, 9.17) is 4.99 Å². The third-order valence-corrected chi connectivity index (χ3v) is 5.66. The molecular weight excluding hydrogens is 262 g/mol. The molecule has 0 aliphatic carbocycles. The minimum atomic E-state index is 0.213. The quantitative estimate of drug-likeness (QED) is 0.892. The van der Waals surface area contributed by atoms with Crippen LogP contribution in [-0.4, -0.2) is 21.4 Å². The minimum Gasteiger partial charge on any atom is -0.359 e. The van der Waals surface area contributed by atoms with Gasteiger partial charge in [0.2, 0.25) is 0 Å². The first-order chi connectivity index (χ1) is 8.73. The van der Waals surface area contributed by atoms with Gasteiger partial charge >= 0.3 is 0 Å². The maximum absolute atomic E-state index is 4.84. The van der Waals surface area contributed by atoms with Gasteiger partial charge in [0.15, 0.2) is 5.17 Å². The lowest BCUT2D eigenvalue weighted by molar-refractivity contribution is 0.407. The van der Waals surface area contributed by atoms with E-state index in [1.807, 2.05) is 23.3 Å². The van der Waals surface area contributed by atoms with Gasteiger partial charge in [-0.2, -0.15) is 0 Å². The molecule has 1 aliphatic rings. The number of hydrogen-bond donors (Lipinski definition) is 1. The van der Waals surface area contributed by atoms with Crippen molar-refractivity contribution in [3.05, 3.63) is 16.6 Å². The van der Waals surface area contributed by atoms with Crippen molar-refractivity contribution < 1.29 is 0 Å². The molecule has 0 aromatic carbocycles. The first kappa shape index (κ1) is 13.9. The Labute approximate surface area is 118 Å². The first-order valence-electron chi connectivity index (χ1n) is 6.61. The second kappa shape index (κ2) is 6.06. The minimum absolute atomic E-state index is 0.213. The Morgan fingerprint density at radius 3 is 2.72 bits per heavy atom. The van der Waals surface area contributed by atoms with E-state index in [9.17, 15) is 0 Å². The SMILES string of the molecule is CCC(N=C1NC(CC)(CC)CS1)c1nccs1. The summed E-state index contributed by atoms with van der Waals surface area (Å²) < 4.78 is 0. The molecule has 1 N–H and O–H groups in total. The Kier molecular flexibility index (Phi) is 4.67. The zero-order valence-electron chi connectivity index (χ0n) is 11.3. The molecule has 2 heterocycles. The van der Waals surface area contributed by atoms with Crippen LogP contribution in [0.4, 0.5) is 0 Å². The van der Waals surface area contributed by atoms with Crippen LogP contribution in [0, 0.1) is 0 Å². The number of thiazole rings is 1. The molecule has 1 aromatic rings. The molecule has 1 fully saturated rings. The summed E-state index contributed by atoms with van der Waals surface area (Å²) in [7, 11) is 0. The normalized spacial score (nSPS) is 22.1. The van der Waals surface area contributed by atoms with Crippen LogP contribution in [-0.2, 0) is 0 Å². The highest BCUT2D eigenvalue weighted by molar-refractivity contribution is 8.14. The van der Waals surface area contributed by atoms with Crippen molar-refractivity contribution in [3.63, 3.8) is 0 Å². The Morgan fingerprint density at radius 2 is 2.22 bits per heavy atom. The van der Waals surface area contributed by atoms with E-state index < -0.39 is 0 Å². The van der Waals surface area contributed by atoms with Gasteiger partial charge in [-0.15, -0.1) is 11.3 Å². The molecule has 3 nitrogen and oxygen atoms in total. The summed E-state index contributed by atoms with van der Waals surface area (Å²) in [5, 5.41) is 7.86. The summed E-state index contributed by atoms with van der Waals surface area (Å²) in [6, 6.07) is 0.213. The van der Waals surface area contributed by atoms with Gasteiger partial charge in [-0.25, -0.2) is 4.98 Å². The van der Waals surface area contributed by atoms with Gasteiger partial charge in [-0.05, 0) is 19.3 Å². The highest BCUT2D eigenvalue weighted by atomic mass is 32.2. The van der Waals surface area contributed by atoms with E-state index >= 15 is 0 Å². The van der Waals surface area contributed by atoms with Crippen LogP contribution in [0.2, 0.25) is 0 Å². The molecule has 0 amide bonds. The lowest BCUT2D eigenvalue weighted by Gasteiger charge is -2.25. The second-order valence-corrected chi connectivity index (χ2v) is 6.52. The zero-order valence-corrected chi connectivity index (χ0v) is 12.9. The van der Waals surface area contributed by atoms with E-state index in [1.165, 1.54) is 0 Å². The van der Waals surface area contributed by atoms with Gasteiger partial charge in [-0.3, -0.25) is 4.99 Å². The molecule has 1 unspecified atom stereocenters. The fourth-order valence-electron chi connectivity index (χ4n) is 2.07. The van der Waals surface area contributed by atoms with Gasteiger partial charge in [0.25, 0.3) is 0 Å². The number of aromatic nitrogens is 1. The predicted octanol–water partition coefficient (Wildman–Crippen LogP) is 3.85.